The number of methoxy groups -OCH3 is 1. The van der Waals surface area contributed by atoms with Crippen LogP contribution in [0.5, 0.6) is 0 Å². The number of hydrogen-bond donors (Lipinski definition) is 1. The summed E-state index contributed by atoms with van der Waals surface area (Å²) < 4.78 is 4.46. The molecule has 0 aliphatic carbocycles. The fraction of sp³-hybridized carbons (Fsp3) is 0.118. The number of nitro groups is 1. The van der Waals surface area contributed by atoms with E-state index in [0.29, 0.717) is 11.1 Å². The molecule has 0 heterocycles. The molecule has 0 saturated heterocycles. The lowest BCUT2D eigenvalue weighted by atomic mass is 9.99. The molecular formula is C17H15NO5. The quantitative estimate of drug-likeness (QED) is 0.397. The summed E-state index contributed by atoms with van der Waals surface area (Å²) >= 11 is 0. The van der Waals surface area contributed by atoms with E-state index in [1.54, 1.807) is 30.3 Å². The molecule has 2 aromatic rings. The van der Waals surface area contributed by atoms with Gasteiger partial charge in [0.05, 0.1) is 17.6 Å². The average Bonchev–Trinajstić information content (AvgIpc) is 2.59. The van der Waals surface area contributed by atoms with Crippen molar-refractivity contribution in [2.75, 3.05) is 7.11 Å². The van der Waals surface area contributed by atoms with Gasteiger partial charge >= 0.3 is 5.97 Å². The summed E-state index contributed by atoms with van der Waals surface area (Å²) in [7, 11) is 1.22. The van der Waals surface area contributed by atoms with Crippen molar-refractivity contribution in [1.29, 1.82) is 0 Å². The van der Waals surface area contributed by atoms with Gasteiger partial charge in [-0.1, -0.05) is 36.4 Å². The Hall–Kier alpha value is -2.99. The van der Waals surface area contributed by atoms with E-state index >= 15 is 0 Å². The average molecular weight is 313 g/mol. The second-order valence-corrected chi connectivity index (χ2v) is 4.75. The maximum absolute atomic E-state index is 11.2. The Bertz CT molecular complexity index is 740. The Morgan fingerprint density at radius 3 is 2.52 bits per heavy atom. The Balaban J connectivity index is 2.38. The molecule has 23 heavy (non-hydrogen) atoms. The van der Waals surface area contributed by atoms with E-state index in [-0.39, 0.29) is 11.3 Å². The molecule has 1 N–H and O–H groups in total. The fourth-order valence-electron chi connectivity index (χ4n) is 2.08. The number of benzene rings is 2. The lowest BCUT2D eigenvalue weighted by Crippen LogP contribution is -2.02. The van der Waals surface area contributed by atoms with Crippen LogP contribution in [0.15, 0.2) is 54.6 Å². The Morgan fingerprint density at radius 2 is 1.91 bits per heavy atom. The number of nitrogens with zero attached hydrogens (tertiary/aromatic N) is 1. The van der Waals surface area contributed by atoms with Crippen molar-refractivity contribution in [3.05, 3.63) is 81.4 Å². The van der Waals surface area contributed by atoms with E-state index in [4.69, 9.17) is 0 Å². The number of aliphatic hydroxyl groups excluding tert-OH is 1. The predicted octanol–water partition coefficient (Wildman–Crippen LogP) is 2.86. The molecule has 0 radical (unpaired) electrons. The molecule has 0 amide bonds. The summed E-state index contributed by atoms with van der Waals surface area (Å²) in [5.41, 5.74) is 1.10. The Morgan fingerprint density at radius 1 is 1.22 bits per heavy atom. The zero-order chi connectivity index (χ0) is 16.8. The van der Waals surface area contributed by atoms with Crippen LogP contribution in [0.4, 0.5) is 5.69 Å². The highest BCUT2D eigenvalue weighted by molar-refractivity contribution is 5.87. The molecule has 1 unspecified atom stereocenters. The summed E-state index contributed by atoms with van der Waals surface area (Å²) in [5.74, 6) is -0.604. The molecule has 0 bridgehead atoms. The number of nitro benzene ring substituents is 1. The maximum atomic E-state index is 11.2. The highest BCUT2D eigenvalue weighted by Gasteiger charge is 2.17. The monoisotopic (exact) mass is 313 g/mol. The first-order valence-corrected chi connectivity index (χ1v) is 6.80. The summed E-state index contributed by atoms with van der Waals surface area (Å²) in [5, 5.41) is 21.6. The first-order valence-electron chi connectivity index (χ1n) is 6.80. The van der Waals surface area contributed by atoms with Crippen LogP contribution in [0.25, 0.3) is 6.08 Å². The lowest BCUT2D eigenvalue weighted by Gasteiger charge is -2.11. The van der Waals surface area contributed by atoms with Crippen LogP contribution in [0.1, 0.15) is 22.8 Å². The molecular weight excluding hydrogens is 298 g/mol. The number of ether oxygens (including phenoxy) is 1. The van der Waals surface area contributed by atoms with E-state index in [1.165, 1.54) is 25.3 Å². The van der Waals surface area contributed by atoms with E-state index < -0.39 is 17.0 Å². The van der Waals surface area contributed by atoms with Crippen molar-refractivity contribution in [2.24, 2.45) is 0 Å². The molecule has 0 spiro atoms. The van der Waals surface area contributed by atoms with Gasteiger partial charge in [-0.15, -0.1) is 0 Å². The summed E-state index contributed by atoms with van der Waals surface area (Å²) in [6, 6.07) is 13.2. The molecule has 0 saturated carbocycles. The number of carbonyl (C=O) groups excluding carboxylic acids is 1. The van der Waals surface area contributed by atoms with Gasteiger partial charge in [0.25, 0.3) is 5.69 Å². The number of esters is 1. The number of rotatable bonds is 5. The van der Waals surface area contributed by atoms with Crippen molar-refractivity contribution in [3.63, 3.8) is 0 Å². The first kappa shape index (κ1) is 16.4. The summed E-state index contributed by atoms with van der Waals surface area (Å²) in [4.78, 5) is 21.8. The van der Waals surface area contributed by atoms with Gasteiger partial charge in [0.15, 0.2) is 0 Å². The lowest BCUT2D eigenvalue weighted by molar-refractivity contribution is -0.385. The van der Waals surface area contributed by atoms with Gasteiger partial charge in [0, 0.05) is 12.1 Å². The van der Waals surface area contributed by atoms with Crippen molar-refractivity contribution >= 4 is 17.7 Å². The van der Waals surface area contributed by atoms with E-state index in [0.717, 1.165) is 6.08 Å². The SMILES string of the molecule is COC(=O)C=Cc1ccc(C(O)c2ccccc2)cc1[N+](=O)[O-]. The minimum atomic E-state index is -0.964. The first-order chi connectivity index (χ1) is 11.0. The molecule has 118 valence electrons. The van der Waals surface area contributed by atoms with Crippen LogP contribution in [0.2, 0.25) is 0 Å². The van der Waals surface area contributed by atoms with Crippen LogP contribution in [0, 0.1) is 10.1 Å². The predicted molar refractivity (Wildman–Crippen MR) is 84.7 cm³/mol. The van der Waals surface area contributed by atoms with Crippen molar-refractivity contribution in [3.8, 4) is 0 Å². The Kier molecular flexibility index (Phi) is 5.22. The normalized spacial score (nSPS) is 12.1. The van der Waals surface area contributed by atoms with Gasteiger partial charge in [-0.2, -0.15) is 0 Å². The van der Waals surface area contributed by atoms with E-state index in [2.05, 4.69) is 4.74 Å². The fourth-order valence-corrected chi connectivity index (χ4v) is 2.08. The molecule has 0 fully saturated rings. The molecule has 0 aliphatic heterocycles. The molecule has 2 aromatic carbocycles. The highest BCUT2D eigenvalue weighted by Crippen LogP contribution is 2.28. The topological polar surface area (TPSA) is 89.7 Å². The second kappa shape index (κ2) is 7.33. The van der Waals surface area contributed by atoms with Crippen LogP contribution >= 0.6 is 0 Å². The van der Waals surface area contributed by atoms with Crippen LogP contribution in [0.3, 0.4) is 0 Å². The smallest absolute Gasteiger partial charge is 0.330 e. The van der Waals surface area contributed by atoms with Crippen molar-refractivity contribution in [2.45, 2.75) is 6.10 Å². The third-order valence-corrected chi connectivity index (χ3v) is 3.28. The standard InChI is InChI=1S/C17H15NO5/c1-23-16(19)10-9-12-7-8-14(11-15(12)18(21)22)17(20)13-5-3-2-4-6-13/h2-11,17,20H,1H3. The minimum Gasteiger partial charge on any atom is -0.466 e. The minimum absolute atomic E-state index is 0.197. The largest absolute Gasteiger partial charge is 0.466 e. The number of carbonyl (C=O) groups is 1. The van der Waals surface area contributed by atoms with Gasteiger partial charge in [0.1, 0.15) is 6.10 Å². The van der Waals surface area contributed by atoms with E-state index in [1.807, 2.05) is 6.07 Å². The molecule has 0 aliphatic rings. The molecule has 0 aromatic heterocycles. The van der Waals surface area contributed by atoms with Gasteiger partial charge in [-0.05, 0) is 23.3 Å². The van der Waals surface area contributed by atoms with Crippen molar-refractivity contribution in [1.82, 2.24) is 0 Å². The summed E-state index contributed by atoms with van der Waals surface area (Å²) in [6.07, 6.45) is 1.45. The van der Waals surface area contributed by atoms with E-state index in [9.17, 15) is 20.0 Å². The zero-order valence-corrected chi connectivity index (χ0v) is 12.4. The van der Waals surface area contributed by atoms with Crippen LogP contribution in [-0.2, 0) is 9.53 Å². The molecule has 2 rings (SSSR count). The molecule has 6 nitrogen and oxygen atoms in total. The zero-order valence-electron chi connectivity index (χ0n) is 12.4. The van der Waals surface area contributed by atoms with Gasteiger partial charge < -0.3 is 9.84 Å². The second-order valence-electron chi connectivity index (χ2n) is 4.75. The third kappa shape index (κ3) is 4.02. The Labute approximate surface area is 132 Å². The molecule has 1 atom stereocenters. The van der Waals surface area contributed by atoms with Crippen molar-refractivity contribution < 1.29 is 19.6 Å². The maximum Gasteiger partial charge on any atom is 0.330 e. The molecule has 6 heteroatoms. The highest BCUT2D eigenvalue weighted by atomic mass is 16.6. The van der Waals surface area contributed by atoms with Gasteiger partial charge in [0.2, 0.25) is 0 Å². The number of aliphatic hydroxyl groups is 1. The summed E-state index contributed by atoms with van der Waals surface area (Å²) in [6.45, 7) is 0. The van der Waals surface area contributed by atoms with Gasteiger partial charge in [-0.25, -0.2) is 4.79 Å². The number of hydrogen-bond acceptors (Lipinski definition) is 5. The van der Waals surface area contributed by atoms with Gasteiger partial charge in [-0.3, -0.25) is 10.1 Å². The van der Waals surface area contributed by atoms with Crippen LogP contribution in [-0.4, -0.2) is 23.1 Å². The van der Waals surface area contributed by atoms with Crippen LogP contribution < -0.4 is 0 Å². The third-order valence-electron chi connectivity index (χ3n) is 3.28.